The average Bonchev–Trinajstić information content (AvgIpc) is 3.06. The monoisotopic (exact) mass is 464 g/mol. The van der Waals surface area contributed by atoms with E-state index in [0.717, 1.165) is 57.8 Å². The second-order valence-electron chi connectivity index (χ2n) is 7.90. The molecular weight excluding hydrogens is 436 g/mol. The first-order chi connectivity index (χ1) is 14.5. The van der Waals surface area contributed by atoms with E-state index in [1.54, 1.807) is 12.1 Å². The molecule has 0 saturated carbocycles. The number of esters is 1. The quantitative estimate of drug-likeness (QED) is 0.656. The number of rotatable bonds is 6. The molecule has 7 nitrogen and oxygen atoms in total. The average molecular weight is 465 g/mol. The number of nitrogens with zero attached hydrogens (tertiary/aromatic N) is 1. The predicted octanol–water partition coefficient (Wildman–Crippen LogP) is 3.82. The van der Waals surface area contributed by atoms with E-state index in [1.165, 1.54) is 25.4 Å². The number of amides is 1. The van der Waals surface area contributed by atoms with Crippen LogP contribution in [0.3, 0.4) is 0 Å². The van der Waals surface area contributed by atoms with Crippen molar-refractivity contribution in [3.8, 4) is 0 Å². The summed E-state index contributed by atoms with van der Waals surface area (Å²) in [4.78, 5) is 26.6. The zero-order valence-corrected chi connectivity index (χ0v) is 20.1. The highest BCUT2D eigenvalue weighted by Crippen LogP contribution is 2.38. The molecule has 0 fully saturated rings. The molecule has 0 radical (unpaired) electrons. The number of anilines is 2. The van der Waals surface area contributed by atoms with Gasteiger partial charge in [-0.1, -0.05) is 6.07 Å². The number of sulfonamides is 1. The highest BCUT2D eigenvalue weighted by Gasteiger charge is 2.32. The van der Waals surface area contributed by atoms with Gasteiger partial charge in [0.2, 0.25) is 15.9 Å². The summed E-state index contributed by atoms with van der Waals surface area (Å²) < 4.78 is 31.2. The van der Waals surface area contributed by atoms with Crippen molar-refractivity contribution >= 4 is 43.9 Å². The zero-order chi connectivity index (χ0) is 22.9. The summed E-state index contributed by atoms with van der Waals surface area (Å²) in [6.07, 6.45) is 4.71. The number of carbonyl (C=O) groups is 2. The zero-order valence-electron chi connectivity index (χ0n) is 18.4. The number of benzene rings is 1. The molecule has 168 valence electrons. The van der Waals surface area contributed by atoms with Gasteiger partial charge in [-0.3, -0.25) is 9.10 Å². The summed E-state index contributed by atoms with van der Waals surface area (Å²) in [6, 6.07) is 4.26. The molecule has 0 unspecified atom stereocenters. The van der Waals surface area contributed by atoms with Crippen molar-refractivity contribution in [1.29, 1.82) is 0 Å². The van der Waals surface area contributed by atoms with Gasteiger partial charge in [0, 0.05) is 4.88 Å². The smallest absolute Gasteiger partial charge is 0.341 e. The van der Waals surface area contributed by atoms with Crippen LogP contribution in [0.4, 0.5) is 10.7 Å². The molecule has 1 aliphatic carbocycles. The minimum atomic E-state index is -3.73. The van der Waals surface area contributed by atoms with Crippen molar-refractivity contribution in [2.24, 2.45) is 0 Å². The van der Waals surface area contributed by atoms with Crippen LogP contribution in [0, 0.1) is 13.8 Å². The van der Waals surface area contributed by atoms with Gasteiger partial charge in [0.15, 0.2) is 0 Å². The van der Waals surface area contributed by atoms with Crippen LogP contribution < -0.4 is 9.62 Å². The number of hydrogen-bond donors (Lipinski definition) is 1. The lowest BCUT2D eigenvalue weighted by Gasteiger charge is -2.28. The highest BCUT2D eigenvalue weighted by atomic mass is 32.2. The maximum Gasteiger partial charge on any atom is 0.341 e. The fourth-order valence-electron chi connectivity index (χ4n) is 3.86. The number of fused-ring (bicyclic) bond motifs is 1. The van der Waals surface area contributed by atoms with E-state index in [4.69, 9.17) is 4.74 Å². The summed E-state index contributed by atoms with van der Waals surface area (Å²) in [5.74, 6) is -0.996. The van der Waals surface area contributed by atoms with Crippen LogP contribution in [0.25, 0.3) is 0 Å². The molecule has 0 saturated heterocycles. The molecule has 1 N–H and O–H groups in total. The van der Waals surface area contributed by atoms with Crippen molar-refractivity contribution in [3.63, 3.8) is 0 Å². The van der Waals surface area contributed by atoms with E-state index in [0.29, 0.717) is 16.3 Å². The number of carbonyl (C=O) groups excluding carboxylic acids is 2. The van der Waals surface area contributed by atoms with Crippen LogP contribution in [0.1, 0.15) is 51.7 Å². The first-order valence-corrected chi connectivity index (χ1v) is 12.8. The molecule has 1 atom stereocenters. The van der Waals surface area contributed by atoms with Crippen LogP contribution >= 0.6 is 11.3 Å². The molecular formula is C22H28N2O5S2. The summed E-state index contributed by atoms with van der Waals surface area (Å²) in [5, 5.41) is 3.22. The molecule has 1 aromatic heterocycles. The number of ether oxygens (including phenoxy) is 1. The first-order valence-electron chi connectivity index (χ1n) is 10.1. The van der Waals surface area contributed by atoms with Gasteiger partial charge in [0.05, 0.1) is 24.6 Å². The Balaban J connectivity index is 1.95. The Hall–Kier alpha value is -2.39. The third-order valence-corrected chi connectivity index (χ3v) is 8.08. The largest absolute Gasteiger partial charge is 0.465 e. The minimum Gasteiger partial charge on any atom is -0.465 e. The first kappa shape index (κ1) is 23.3. The maximum atomic E-state index is 13.1. The number of methoxy groups -OCH3 is 1. The molecule has 0 bridgehead atoms. The van der Waals surface area contributed by atoms with Gasteiger partial charge in [-0.05, 0) is 75.3 Å². The van der Waals surface area contributed by atoms with Crippen molar-refractivity contribution in [2.75, 3.05) is 23.0 Å². The lowest BCUT2D eigenvalue weighted by atomic mass is 9.95. The number of nitrogens with one attached hydrogen (secondary N) is 1. The van der Waals surface area contributed by atoms with E-state index in [2.05, 4.69) is 5.32 Å². The molecule has 9 heteroatoms. The van der Waals surface area contributed by atoms with Crippen LogP contribution in [-0.2, 0) is 32.4 Å². The molecule has 1 aromatic carbocycles. The lowest BCUT2D eigenvalue weighted by Crippen LogP contribution is -2.45. The van der Waals surface area contributed by atoms with Gasteiger partial charge >= 0.3 is 5.97 Å². The van der Waals surface area contributed by atoms with Crippen molar-refractivity contribution in [3.05, 3.63) is 45.3 Å². The van der Waals surface area contributed by atoms with Gasteiger partial charge in [-0.2, -0.15) is 0 Å². The number of aryl methyl sites for hydroxylation is 3. The Morgan fingerprint density at radius 2 is 1.84 bits per heavy atom. The molecule has 31 heavy (non-hydrogen) atoms. The number of thiophene rings is 1. The van der Waals surface area contributed by atoms with E-state index >= 15 is 0 Å². The highest BCUT2D eigenvalue weighted by molar-refractivity contribution is 7.92. The Kier molecular flexibility index (Phi) is 6.76. The molecule has 1 amide bonds. The summed E-state index contributed by atoms with van der Waals surface area (Å²) in [7, 11) is -2.42. The summed E-state index contributed by atoms with van der Waals surface area (Å²) >= 11 is 1.37. The van der Waals surface area contributed by atoms with Gasteiger partial charge in [0.25, 0.3) is 0 Å². The van der Waals surface area contributed by atoms with Crippen LogP contribution in [0.5, 0.6) is 0 Å². The van der Waals surface area contributed by atoms with E-state index in [9.17, 15) is 18.0 Å². The fraction of sp³-hybridized carbons (Fsp3) is 0.455. The Morgan fingerprint density at radius 1 is 1.16 bits per heavy atom. The van der Waals surface area contributed by atoms with Crippen molar-refractivity contribution in [1.82, 2.24) is 0 Å². The molecule has 1 aliphatic rings. The fourth-order valence-corrected chi connectivity index (χ4v) is 6.31. The van der Waals surface area contributed by atoms with Gasteiger partial charge in [-0.15, -0.1) is 11.3 Å². The van der Waals surface area contributed by atoms with E-state index in [1.807, 2.05) is 19.9 Å². The summed E-state index contributed by atoms with van der Waals surface area (Å²) in [5.41, 5.74) is 3.70. The van der Waals surface area contributed by atoms with Gasteiger partial charge in [-0.25, -0.2) is 13.2 Å². The second-order valence-corrected chi connectivity index (χ2v) is 10.9. The lowest BCUT2D eigenvalue weighted by molar-refractivity contribution is -0.116. The van der Waals surface area contributed by atoms with E-state index in [-0.39, 0.29) is 0 Å². The minimum absolute atomic E-state index is 0.389. The maximum absolute atomic E-state index is 13.1. The van der Waals surface area contributed by atoms with Crippen molar-refractivity contribution in [2.45, 2.75) is 52.5 Å². The molecule has 1 heterocycles. The molecule has 0 spiro atoms. The third-order valence-electron chi connectivity index (χ3n) is 5.63. The second kappa shape index (κ2) is 9.00. The normalized spacial score (nSPS) is 14.5. The predicted molar refractivity (Wildman–Crippen MR) is 124 cm³/mol. The van der Waals surface area contributed by atoms with Gasteiger partial charge < -0.3 is 10.1 Å². The van der Waals surface area contributed by atoms with Crippen LogP contribution in [0.15, 0.2) is 18.2 Å². The number of hydrogen-bond acceptors (Lipinski definition) is 6. The molecule has 2 aromatic rings. The third kappa shape index (κ3) is 4.77. The van der Waals surface area contributed by atoms with E-state index < -0.39 is 27.9 Å². The Bertz CT molecular complexity index is 1120. The van der Waals surface area contributed by atoms with Crippen molar-refractivity contribution < 1.29 is 22.7 Å². The van der Waals surface area contributed by atoms with Crippen LogP contribution in [-0.4, -0.2) is 39.7 Å². The SMILES string of the molecule is COC(=O)c1c(NC(=O)[C@@H](C)N(c2ccc(C)c(C)c2)S(C)(=O)=O)sc2c1CCCC2. The topological polar surface area (TPSA) is 92.8 Å². The molecule has 3 rings (SSSR count). The van der Waals surface area contributed by atoms with Crippen LogP contribution in [0.2, 0.25) is 0 Å². The standard InChI is InChI=1S/C22H28N2O5S2/c1-13-10-11-16(12-14(13)2)24(31(5,27)28)15(3)20(25)23-21-19(22(26)29-4)17-8-6-7-9-18(17)30-21/h10-12,15H,6-9H2,1-5H3,(H,23,25)/t15-/m1/s1. The summed E-state index contributed by atoms with van der Waals surface area (Å²) in [6.45, 7) is 5.37. The van der Waals surface area contributed by atoms with Gasteiger partial charge in [0.1, 0.15) is 11.0 Å². The Labute approximate surface area is 187 Å². The molecule has 0 aliphatic heterocycles. The Morgan fingerprint density at radius 3 is 2.45 bits per heavy atom.